The van der Waals surface area contributed by atoms with E-state index in [1.54, 1.807) is 19.2 Å². The number of rotatable bonds is 10. The number of hydrogen-bond acceptors (Lipinski definition) is 8. The van der Waals surface area contributed by atoms with Gasteiger partial charge in [0.05, 0.1) is 33.1 Å². The lowest BCUT2D eigenvalue weighted by Gasteiger charge is -2.37. The molecule has 0 aliphatic carbocycles. The fourth-order valence-electron chi connectivity index (χ4n) is 4.77. The molecule has 2 N–H and O–H groups in total. The third kappa shape index (κ3) is 5.86. The van der Waals surface area contributed by atoms with Gasteiger partial charge in [-0.2, -0.15) is 0 Å². The van der Waals surface area contributed by atoms with Crippen LogP contribution in [0, 0.1) is 0 Å². The summed E-state index contributed by atoms with van der Waals surface area (Å²) in [4.78, 5) is 17.7. The van der Waals surface area contributed by atoms with Crippen LogP contribution in [0.15, 0.2) is 36.4 Å². The number of carbonyl (C=O) groups excluding carboxylic acids is 1. The first-order valence-corrected chi connectivity index (χ1v) is 12.8. The highest BCUT2D eigenvalue weighted by molar-refractivity contribution is 5.95. The molecule has 0 radical (unpaired) electrons. The van der Waals surface area contributed by atoms with E-state index in [2.05, 4.69) is 27.9 Å². The number of amides is 1. The zero-order valence-corrected chi connectivity index (χ0v) is 21.7. The Hall–Kier alpha value is -3.01. The zero-order valence-electron chi connectivity index (χ0n) is 21.7. The van der Waals surface area contributed by atoms with Crippen molar-refractivity contribution in [1.29, 1.82) is 0 Å². The second-order valence-electron chi connectivity index (χ2n) is 8.79. The molecule has 2 heterocycles. The number of hydrazine groups is 1. The average molecular weight is 499 g/mol. The molecule has 36 heavy (non-hydrogen) atoms. The van der Waals surface area contributed by atoms with Gasteiger partial charge in [-0.1, -0.05) is 12.1 Å². The van der Waals surface area contributed by atoms with Crippen molar-refractivity contribution < 1.29 is 23.7 Å². The van der Waals surface area contributed by atoms with Crippen LogP contribution in [0.25, 0.3) is 0 Å². The molecule has 4 rings (SSSR count). The van der Waals surface area contributed by atoms with E-state index >= 15 is 0 Å². The van der Waals surface area contributed by atoms with Crippen LogP contribution in [0.3, 0.4) is 0 Å². The highest BCUT2D eigenvalue weighted by Crippen LogP contribution is 2.39. The second-order valence-corrected chi connectivity index (χ2v) is 8.79. The maximum Gasteiger partial charge on any atom is 0.254 e. The molecule has 196 valence electrons. The van der Waals surface area contributed by atoms with Gasteiger partial charge in [-0.25, -0.2) is 10.9 Å². The van der Waals surface area contributed by atoms with Gasteiger partial charge in [0.15, 0.2) is 11.5 Å². The summed E-state index contributed by atoms with van der Waals surface area (Å²) in [6, 6.07) is 12.0. The van der Waals surface area contributed by atoms with Gasteiger partial charge < -0.3 is 23.8 Å². The minimum absolute atomic E-state index is 0.0202. The van der Waals surface area contributed by atoms with E-state index in [9.17, 15) is 4.79 Å². The zero-order chi connectivity index (χ0) is 25.5. The predicted molar refractivity (Wildman–Crippen MR) is 138 cm³/mol. The number of nitrogens with zero attached hydrogens (tertiary/aromatic N) is 2. The first-order valence-electron chi connectivity index (χ1n) is 12.8. The molecule has 9 nitrogen and oxygen atoms in total. The van der Waals surface area contributed by atoms with Crippen molar-refractivity contribution in [3.05, 3.63) is 47.5 Å². The lowest BCUT2D eigenvalue weighted by Crippen LogP contribution is -2.55. The van der Waals surface area contributed by atoms with Crippen LogP contribution >= 0.6 is 0 Å². The van der Waals surface area contributed by atoms with Crippen LogP contribution in [-0.2, 0) is 0 Å². The highest BCUT2D eigenvalue weighted by atomic mass is 16.5. The molecule has 2 saturated heterocycles. The summed E-state index contributed by atoms with van der Waals surface area (Å²) in [5.41, 5.74) is 8.63. The van der Waals surface area contributed by atoms with Crippen molar-refractivity contribution in [3.8, 4) is 23.0 Å². The van der Waals surface area contributed by atoms with Crippen LogP contribution in [0.1, 0.15) is 49.2 Å². The molecule has 1 amide bonds. The standard InChI is InChI=1S/C27H38N4O5/c1-5-34-23-16-20(17-24(35-6-2)26(23)36-7-3)27(32)31-14-12-30(13-15-31)25-18-22(28-29-25)19-8-10-21(33-4)11-9-19/h8-11,16-17,22,25,28-29H,5-7,12-15,18H2,1-4H3. The van der Waals surface area contributed by atoms with Crippen LogP contribution in [0.4, 0.5) is 0 Å². The number of benzene rings is 2. The van der Waals surface area contributed by atoms with E-state index in [0.717, 1.165) is 25.3 Å². The van der Waals surface area contributed by atoms with Crippen LogP contribution < -0.4 is 29.8 Å². The van der Waals surface area contributed by atoms with Gasteiger partial charge in [0, 0.05) is 37.8 Å². The number of methoxy groups -OCH3 is 1. The Balaban J connectivity index is 1.38. The van der Waals surface area contributed by atoms with Gasteiger partial charge in [0.1, 0.15) is 5.75 Å². The molecule has 2 aliphatic rings. The number of piperazine rings is 1. The summed E-state index contributed by atoms with van der Waals surface area (Å²) >= 11 is 0. The number of hydrogen-bond donors (Lipinski definition) is 2. The minimum atomic E-state index is -0.0202. The smallest absolute Gasteiger partial charge is 0.254 e. The SMILES string of the molecule is CCOc1cc(C(=O)N2CCN(C3CC(c4ccc(OC)cc4)NN3)CC2)cc(OCC)c1OCC. The number of ether oxygens (including phenoxy) is 4. The van der Waals surface area contributed by atoms with Crippen LogP contribution in [-0.4, -0.2) is 75.0 Å². The Labute approximate surface area is 213 Å². The van der Waals surface area contributed by atoms with Gasteiger partial charge in [0.2, 0.25) is 5.75 Å². The molecule has 2 aromatic rings. The molecule has 2 aromatic carbocycles. The summed E-state index contributed by atoms with van der Waals surface area (Å²) in [7, 11) is 1.68. The summed E-state index contributed by atoms with van der Waals surface area (Å²) in [5.74, 6) is 2.47. The van der Waals surface area contributed by atoms with E-state index in [0.29, 0.717) is 55.7 Å². The van der Waals surface area contributed by atoms with Crippen molar-refractivity contribution in [2.75, 3.05) is 53.1 Å². The van der Waals surface area contributed by atoms with Crippen LogP contribution in [0.2, 0.25) is 0 Å². The van der Waals surface area contributed by atoms with Crippen LogP contribution in [0.5, 0.6) is 23.0 Å². The Bertz CT molecular complexity index is 981. The van der Waals surface area contributed by atoms with Gasteiger partial charge >= 0.3 is 0 Å². The Morgan fingerprint density at radius 1 is 0.889 bits per heavy atom. The van der Waals surface area contributed by atoms with Gasteiger partial charge in [-0.15, -0.1) is 0 Å². The first-order chi connectivity index (χ1) is 17.6. The molecule has 0 bridgehead atoms. The minimum Gasteiger partial charge on any atom is -0.497 e. The van der Waals surface area contributed by atoms with E-state index in [1.165, 1.54) is 5.56 Å². The summed E-state index contributed by atoms with van der Waals surface area (Å²) in [6.45, 7) is 10.1. The van der Waals surface area contributed by atoms with E-state index in [4.69, 9.17) is 18.9 Å². The summed E-state index contributed by atoms with van der Waals surface area (Å²) in [5, 5.41) is 0. The average Bonchev–Trinajstić information content (AvgIpc) is 3.41. The lowest BCUT2D eigenvalue weighted by atomic mass is 10.0. The quantitative estimate of drug-likeness (QED) is 0.517. The van der Waals surface area contributed by atoms with Gasteiger partial charge in [-0.3, -0.25) is 9.69 Å². The Morgan fingerprint density at radius 3 is 2.06 bits per heavy atom. The second kappa shape index (κ2) is 12.3. The molecule has 2 unspecified atom stereocenters. The van der Waals surface area contributed by atoms with Crippen molar-refractivity contribution in [3.63, 3.8) is 0 Å². The van der Waals surface area contributed by atoms with Crippen molar-refractivity contribution >= 4 is 5.91 Å². The molecular weight excluding hydrogens is 460 g/mol. The van der Waals surface area contributed by atoms with Gasteiger partial charge in [0.25, 0.3) is 5.91 Å². The summed E-state index contributed by atoms with van der Waals surface area (Å²) in [6.07, 6.45) is 1.17. The molecule has 0 aromatic heterocycles. The molecule has 9 heteroatoms. The molecule has 0 saturated carbocycles. The number of nitrogens with one attached hydrogen (secondary N) is 2. The fourth-order valence-corrected chi connectivity index (χ4v) is 4.77. The number of carbonyl (C=O) groups is 1. The molecular formula is C27H38N4O5. The monoisotopic (exact) mass is 498 g/mol. The Kier molecular flexibility index (Phi) is 8.90. The fraction of sp³-hybridized carbons (Fsp3) is 0.519. The lowest BCUT2D eigenvalue weighted by molar-refractivity contribution is 0.0544. The molecule has 0 spiro atoms. The van der Waals surface area contributed by atoms with Crippen molar-refractivity contribution in [2.24, 2.45) is 0 Å². The highest BCUT2D eigenvalue weighted by Gasteiger charge is 2.33. The molecule has 2 atom stereocenters. The van der Waals surface area contributed by atoms with Crippen molar-refractivity contribution in [1.82, 2.24) is 20.7 Å². The van der Waals surface area contributed by atoms with E-state index < -0.39 is 0 Å². The van der Waals surface area contributed by atoms with E-state index in [-0.39, 0.29) is 18.1 Å². The molecule has 2 fully saturated rings. The Morgan fingerprint density at radius 2 is 1.50 bits per heavy atom. The largest absolute Gasteiger partial charge is 0.497 e. The third-order valence-electron chi connectivity index (χ3n) is 6.60. The maximum atomic E-state index is 13.4. The van der Waals surface area contributed by atoms with E-state index in [1.807, 2.05) is 37.8 Å². The van der Waals surface area contributed by atoms with Crippen molar-refractivity contribution in [2.45, 2.75) is 39.4 Å². The first kappa shape index (κ1) is 26.1. The third-order valence-corrected chi connectivity index (χ3v) is 6.60. The topological polar surface area (TPSA) is 84.5 Å². The van der Waals surface area contributed by atoms with Gasteiger partial charge in [-0.05, 0) is 57.0 Å². The maximum absolute atomic E-state index is 13.4. The predicted octanol–water partition coefficient (Wildman–Crippen LogP) is 3.21. The normalized spacial score (nSPS) is 20.3. The molecule has 2 aliphatic heterocycles. The summed E-state index contributed by atoms with van der Waals surface area (Å²) < 4.78 is 22.6.